The van der Waals surface area contributed by atoms with Gasteiger partial charge in [0.05, 0.1) is 17.6 Å². The molecule has 1 aromatic heterocycles. The molecule has 6 heteroatoms. The largest absolute Gasteiger partial charge is 0.491 e. The summed E-state index contributed by atoms with van der Waals surface area (Å²) in [4.78, 5) is 25.1. The zero-order valence-corrected chi connectivity index (χ0v) is 17.5. The molecule has 1 heterocycles. The molecule has 1 N–H and O–H groups in total. The van der Waals surface area contributed by atoms with Gasteiger partial charge in [-0.15, -0.1) is 0 Å². The highest BCUT2D eigenvalue weighted by molar-refractivity contribution is 5.81. The van der Waals surface area contributed by atoms with Crippen molar-refractivity contribution in [3.8, 4) is 16.9 Å². The van der Waals surface area contributed by atoms with Crippen LogP contribution in [0.5, 0.6) is 5.75 Å². The Morgan fingerprint density at radius 2 is 1.52 bits per heavy atom. The van der Waals surface area contributed by atoms with Crippen molar-refractivity contribution in [1.29, 1.82) is 0 Å². The molecule has 0 aliphatic rings. The summed E-state index contributed by atoms with van der Waals surface area (Å²) in [6.45, 7) is 3.14. The van der Waals surface area contributed by atoms with Crippen molar-refractivity contribution in [2.24, 2.45) is 0 Å². The van der Waals surface area contributed by atoms with Gasteiger partial charge in [0, 0.05) is 12.1 Å². The molecule has 3 aromatic carbocycles. The van der Waals surface area contributed by atoms with Crippen molar-refractivity contribution < 1.29 is 9.53 Å². The fourth-order valence-electron chi connectivity index (χ4n) is 3.73. The third-order valence-corrected chi connectivity index (χ3v) is 5.20. The molecule has 0 bridgehead atoms. The maximum Gasteiger partial charge on any atom is 0.329 e. The number of ether oxygens (including phenoxy) is 1. The molecule has 0 saturated carbocycles. The third kappa shape index (κ3) is 4.38. The summed E-state index contributed by atoms with van der Waals surface area (Å²) >= 11 is 0. The highest BCUT2D eigenvalue weighted by Crippen LogP contribution is 2.29. The van der Waals surface area contributed by atoms with Crippen LogP contribution in [0.2, 0.25) is 0 Å². The highest BCUT2D eigenvalue weighted by atomic mass is 16.5. The number of nitrogens with zero attached hydrogens (tertiary/aromatic N) is 2. The van der Waals surface area contributed by atoms with E-state index in [-0.39, 0.29) is 18.1 Å². The lowest BCUT2D eigenvalue weighted by atomic mass is 10.1. The smallest absolute Gasteiger partial charge is 0.329 e. The number of carbonyl (C=O) groups is 1. The second-order valence-corrected chi connectivity index (χ2v) is 7.16. The molecule has 0 saturated heterocycles. The lowest BCUT2D eigenvalue weighted by Gasteiger charge is -2.12. The van der Waals surface area contributed by atoms with Gasteiger partial charge in [-0.2, -0.15) is 0 Å². The van der Waals surface area contributed by atoms with Crippen molar-refractivity contribution in [2.75, 3.05) is 13.2 Å². The molecule has 0 aliphatic heterocycles. The first-order chi connectivity index (χ1) is 15.2. The number of imidazole rings is 1. The van der Waals surface area contributed by atoms with Gasteiger partial charge in [0.15, 0.2) is 0 Å². The van der Waals surface area contributed by atoms with Crippen molar-refractivity contribution >= 4 is 16.9 Å². The Kier molecular flexibility index (Phi) is 6.17. The number of benzene rings is 3. The summed E-state index contributed by atoms with van der Waals surface area (Å²) in [5.41, 5.74) is 3.51. The van der Waals surface area contributed by atoms with Gasteiger partial charge in [0.1, 0.15) is 18.9 Å². The normalized spacial score (nSPS) is 10.9. The van der Waals surface area contributed by atoms with Gasteiger partial charge in [-0.05, 0) is 30.7 Å². The van der Waals surface area contributed by atoms with Crippen LogP contribution in [0.25, 0.3) is 22.2 Å². The lowest BCUT2D eigenvalue weighted by molar-refractivity contribution is -0.121. The van der Waals surface area contributed by atoms with E-state index in [0.717, 1.165) is 27.9 Å². The average Bonchev–Trinajstić information content (AvgIpc) is 3.08. The van der Waals surface area contributed by atoms with Crippen LogP contribution >= 0.6 is 0 Å². The Morgan fingerprint density at radius 3 is 2.26 bits per heavy atom. The first kappa shape index (κ1) is 20.5. The monoisotopic (exact) mass is 415 g/mol. The highest BCUT2D eigenvalue weighted by Gasteiger charge is 2.14. The van der Waals surface area contributed by atoms with E-state index in [1.165, 1.54) is 4.57 Å². The minimum absolute atomic E-state index is 0.0209. The molecule has 0 unspecified atom stereocenters. The summed E-state index contributed by atoms with van der Waals surface area (Å²) in [5, 5.41) is 2.85. The number of rotatable bonds is 8. The number of amides is 1. The summed E-state index contributed by atoms with van der Waals surface area (Å²) in [7, 11) is 0. The first-order valence-corrected chi connectivity index (χ1v) is 10.4. The molecule has 0 aliphatic carbocycles. The first-order valence-electron chi connectivity index (χ1n) is 10.4. The van der Waals surface area contributed by atoms with Crippen LogP contribution in [0, 0.1) is 0 Å². The Morgan fingerprint density at radius 1 is 0.871 bits per heavy atom. The van der Waals surface area contributed by atoms with E-state index in [9.17, 15) is 9.59 Å². The van der Waals surface area contributed by atoms with Gasteiger partial charge in [0.2, 0.25) is 5.91 Å². The van der Waals surface area contributed by atoms with Crippen LogP contribution in [0.3, 0.4) is 0 Å². The number of hydrogen-bond donors (Lipinski definition) is 1. The Labute approximate surface area is 180 Å². The van der Waals surface area contributed by atoms with Crippen LogP contribution < -0.4 is 15.7 Å². The molecular weight excluding hydrogens is 390 g/mol. The molecule has 0 spiro atoms. The molecule has 0 radical (unpaired) electrons. The summed E-state index contributed by atoms with van der Waals surface area (Å²) in [6, 6.07) is 25.4. The maximum atomic E-state index is 12.7. The predicted molar refractivity (Wildman–Crippen MR) is 122 cm³/mol. The van der Waals surface area contributed by atoms with Crippen LogP contribution in [0.4, 0.5) is 0 Å². The molecule has 1 amide bonds. The van der Waals surface area contributed by atoms with Gasteiger partial charge in [-0.25, -0.2) is 4.79 Å². The van der Waals surface area contributed by atoms with E-state index < -0.39 is 0 Å². The van der Waals surface area contributed by atoms with E-state index in [4.69, 9.17) is 4.74 Å². The summed E-state index contributed by atoms with van der Waals surface area (Å²) in [6.07, 6.45) is 0. The van der Waals surface area contributed by atoms with Crippen LogP contribution in [-0.2, 0) is 17.9 Å². The van der Waals surface area contributed by atoms with Gasteiger partial charge in [-0.1, -0.05) is 60.7 Å². The molecule has 6 nitrogen and oxygen atoms in total. The minimum Gasteiger partial charge on any atom is -0.491 e. The fourth-order valence-corrected chi connectivity index (χ4v) is 3.73. The number of para-hydroxylation sites is 3. The van der Waals surface area contributed by atoms with Gasteiger partial charge in [-0.3, -0.25) is 13.9 Å². The lowest BCUT2D eigenvalue weighted by Crippen LogP contribution is -2.35. The van der Waals surface area contributed by atoms with Gasteiger partial charge >= 0.3 is 5.69 Å². The molecule has 158 valence electrons. The SMILES string of the molecule is CCn1c(=O)n(CC(=O)NCCOc2ccccc2-c2ccccc2)c2ccccc21. The van der Waals surface area contributed by atoms with E-state index >= 15 is 0 Å². The summed E-state index contributed by atoms with van der Waals surface area (Å²) in [5.74, 6) is 0.547. The van der Waals surface area contributed by atoms with Crippen LogP contribution in [-0.4, -0.2) is 28.2 Å². The maximum absolute atomic E-state index is 12.7. The average molecular weight is 415 g/mol. The van der Waals surface area contributed by atoms with Crippen LogP contribution in [0.1, 0.15) is 6.92 Å². The predicted octanol–water partition coefficient (Wildman–Crippen LogP) is 3.69. The van der Waals surface area contributed by atoms with E-state index in [0.29, 0.717) is 19.7 Å². The second-order valence-electron chi connectivity index (χ2n) is 7.16. The van der Waals surface area contributed by atoms with Crippen molar-refractivity contribution in [3.63, 3.8) is 0 Å². The Balaban J connectivity index is 1.37. The molecule has 31 heavy (non-hydrogen) atoms. The van der Waals surface area contributed by atoms with E-state index in [1.807, 2.05) is 85.8 Å². The Bertz CT molecular complexity index is 1240. The molecular formula is C25H25N3O3. The van der Waals surface area contributed by atoms with Crippen molar-refractivity contribution in [3.05, 3.63) is 89.3 Å². The Hall–Kier alpha value is -3.80. The van der Waals surface area contributed by atoms with E-state index in [2.05, 4.69) is 5.32 Å². The number of aryl methyl sites for hydroxylation is 1. The zero-order chi connectivity index (χ0) is 21.6. The molecule has 0 fully saturated rings. The number of nitrogens with one attached hydrogen (secondary N) is 1. The minimum atomic E-state index is -0.221. The quantitative estimate of drug-likeness (QED) is 0.447. The molecule has 4 rings (SSSR count). The number of fused-ring (bicyclic) bond motifs is 1. The summed E-state index contributed by atoms with van der Waals surface area (Å²) < 4.78 is 9.11. The van der Waals surface area contributed by atoms with Crippen molar-refractivity contribution in [1.82, 2.24) is 14.5 Å². The van der Waals surface area contributed by atoms with Gasteiger partial charge < -0.3 is 10.1 Å². The number of aromatic nitrogens is 2. The third-order valence-electron chi connectivity index (χ3n) is 5.20. The number of carbonyl (C=O) groups excluding carboxylic acids is 1. The van der Waals surface area contributed by atoms with Crippen molar-refractivity contribution in [2.45, 2.75) is 20.0 Å². The standard InChI is InChI=1S/C25H25N3O3/c1-2-27-21-13-7-8-14-22(21)28(25(27)30)18-24(29)26-16-17-31-23-15-9-6-12-20(23)19-10-4-3-5-11-19/h3-15H,2,16-18H2,1H3,(H,26,29). The van der Waals surface area contributed by atoms with Crippen LogP contribution in [0.15, 0.2) is 83.7 Å². The zero-order valence-electron chi connectivity index (χ0n) is 17.5. The fraction of sp³-hybridized carbons (Fsp3) is 0.200. The topological polar surface area (TPSA) is 65.3 Å². The second kappa shape index (κ2) is 9.34. The van der Waals surface area contributed by atoms with Gasteiger partial charge in [0.25, 0.3) is 0 Å². The molecule has 0 atom stereocenters. The number of hydrogen-bond acceptors (Lipinski definition) is 3. The molecule has 4 aromatic rings. The van der Waals surface area contributed by atoms with E-state index in [1.54, 1.807) is 4.57 Å².